The third-order valence-electron chi connectivity index (χ3n) is 11.0. The van der Waals surface area contributed by atoms with E-state index in [0.717, 1.165) is 47.2 Å². The normalized spacial score (nSPS) is 10.9. The molecule has 0 N–H and O–H groups in total. The Hall–Kier alpha value is -2.02. The number of para-hydroxylation sites is 4. The van der Waals surface area contributed by atoms with Crippen molar-refractivity contribution in [3.05, 3.63) is 66.7 Å². The smallest absolute Gasteiger partial charge is 0.159 e. The fraction of sp³-hybridized carbons (Fsp3) is 0.596. The molecule has 0 saturated heterocycles. The molecule has 5 aromatic rings. The third kappa shape index (κ3) is 16.7. The molecule has 0 bridgehead atoms. The van der Waals surface area contributed by atoms with Gasteiger partial charge in [0.1, 0.15) is 11.4 Å². The number of rotatable bonds is 28. The molecule has 0 atom stereocenters. The molecule has 0 saturated carbocycles. The Morgan fingerprint density at radius 2 is 0.661 bits per heavy atom. The van der Waals surface area contributed by atoms with Crippen LogP contribution < -0.4 is 37.2 Å². The Kier molecular flexibility index (Phi) is 28.8. The summed E-state index contributed by atoms with van der Waals surface area (Å²) in [5, 5.41) is 0. The Balaban J connectivity index is 0.00000392. The summed E-state index contributed by atoms with van der Waals surface area (Å²) in [6.07, 6.45) is 32.6. The van der Waals surface area contributed by atoms with Gasteiger partial charge in [0, 0.05) is 31.6 Å². The molecule has 0 spiro atoms. The summed E-state index contributed by atoms with van der Waals surface area (Å²) in [7, 11) is 0. The van der Waals surface area contributed by atoms with Crippen molar-refractivity contribution < 1.29 is 55.8 Å². The summed E-state index contributed by atoms with van der Waals surface area (Å²) in [6, 6.07) is 23.5. The summed E-state index contributed by atoms with van der Waals surface area (Å²) < 4.78 is 4.82. The van der Waals surface area contributed by atoms with Gasteiger partial charge in [0.15, 0.2) is 11.6 Å². The fourth-order valence-corrected chi connectivity index (χ4v) is 7.90. The van der Waals surface area contributed by atoms with Crippen LogP contribution in [0.3, 0.4) is 0 Å². The first-order valence-electron chi connectivity index (χ1n) is 21.7. The van der Waals surface area contributed by atoms with E-state index in [0.29, 0.717) is 0 Å². The summed E-state index contributed by atoms with van der Waals surface area (Å²) in [5.74, 6) is 1.93. The molecule has 2 aromatic carbocycles. The first-order valence-corrected chi connectivity index (χ1v) is 21.7. The molecule has 9 heteroatoms. The van der Waals surface area contributed by atoms with Gasteiger partial charge in [-0.2, -0.15) is 0 Å². The van der Waals surface area contributed by atoms with E-state index in [-0.39, 0.29) is 55.8 Å². The second-order valence-electron chi connectivity index (χ2n) is 15.3. The van der Waals surface area contributed by atoms with Gasteiger partial charge < -0.3 is 46.4 Å². The predicted octanol–water partition coefficient (Wildman–Crippen LogP) is 5.53. The fourth-order valence-electron chi connectivity index (χ4n) is 7.90. The van der Waals surface area contributed by atoms with E-state index in [4.69, 9.17) is 15.0 Å². The monoisotopic (exact) mass is 859 g/mol. The molecule has 5 nitrogen and oxygen atoms in total. The zero-order valence-electron chi connectivity index (χ0n) is 34.6. The van der Waals surface area contributed by atoms with E-state index < -0.39 is 0 Å². The SMILES string of the molecule is CCCCCCCCCCCCCCn1c(-c2cccc(-c3nc4ccccc4n3CCCCCCCCCCCCCC)n2)nc2ccccc21.[Cl-].[Cl-].[Cl-].[V]. The number of fused-ring (bicyclic) bond motifs is 2. The van der Waals surface area contributed by atoms with Crippen molar-refractivity contribution in [2.45, 2.75) is 181 Å². The third-order valence-corrected chi connectivity index (χ3v) is 11.0. The first-order chi connectivity index (χ1) is 25.8. The number of nitrogens with zero attached hydrogens (tertiary/aromatic N) is 5. The van der Waals surface area contributed by atoms with Crippen LogP contribution in [0.1, 0.15) is 168 Å². The summed E-state index contributed by atoms with van der Waals surface area (Å²) in [4.78, 5) is 15.6. The summed E-state index contributed by atoms with van der Waals surface area (Å²) >= 11 is 0. The van der Waals surface area contributed by atoms with Crippen molar-refractivity contribution in [1.82, 2.24) is 24.1 Å². The van der Waals surface area contributed by atoms with Crippen molar-refractivity contribution in [2.24, 2.45) is 0 Å². The molecule has 0 aliphatic rings. The molecule has 311 valence electrons. The number of imidazole rings is 2. The molecule has 5 rings (SSSR count). The van der Waals surface area contributed by atoms with Crippen LogP contribution >= 0.6 is 0 Å². The number of hydrogen-bond acceptors (Lipinski definition) is 3. The van der Waals surface area contributed by atoms with Crippen LogP contribution in [0.4, 0.5) is 0 Å². The van der Waals surface area contributed by atoms with Crippen molar-refractivity contribution in [3.8, 4) is 23.0 Å². The second kappa shape index (κ2) is 31.0. The number of pyridine rings is 1. The van der Waals surface area contributed by atoms with Crippen LogP contribution in [0, 0.1) is 0 Å². The molecule has 0 unspecified atom stereocenters. The van der Waals surface area contributed by atoms with Crippen LogP contribution in [-0.2, 0) is 31.6 Å². The minimum absolute atomic E-state index is 0. The van der Waals surface area contributed by atoms with Gasteiger partial charge in [0.2, 0.25) is 0 Å². The Morgan fingerprint density at radius 3 is 1.00 bits per heavy atom. The number of benzene rings is 2. The number of halogens is 3. The van der Waals surface area contributed by atoms with Gasteiger partial charge in [-0.25, -0.2) is 15.0 Å². The second-order valence-corrected chi connectivity index (χ2v) is 15.3. The van der Waals surface area contributed by atoms with Gasteiger partial charge in [-0.3, -0.25) is 0 Å². The summed E-state index contributed by atoms with van der Waals surface area (Å²) in [5.41, 5.74) is 6.35. The van der Waals surface area contributed by atoms with E-state index in [1.54, 1.807) is 0 Å². The molecule has 0 fully saturated rings. The maximum atomic E-state index is 5.28. The Labute approximate surface area is 370 Å². The predicted molar refractivity (Wildman–Crippen MR) is 224 cm³/mol. The van der Waals surface area contributed by atoms with E-state index >= 15 is 0 Å². The standard InChI is InChI=1S/C47H69N5.3ClH.V/c1-3-5-7-9-11-13-15-17-19-21-23-29-38-51-44-36-27-25-32-40(44)49-46(51)42-34-31-35-43(48-42)47-50-41-33-26-28-37-45(41)52(47)39-30-24-22-20-18-16-14-12-10-8-6-4-2;;;;/h25-28,31-37H,3-24,29-30,38-39H2,1-2H3;3*1H;/p-3. The van der Waals surface area contributed by atoms with Crippen molar-refractivity contribution in [2.75, 3.05) is 0 Å². The number of hydrogen-bond donors (Lipinski definition) is 0. The van der Waals surface area contributed by atoms with Crippen LogP contribution in [0.25, 0.3) is 45.1 Å². The van der Waals surface area contributed by atoms with Crippen LogP contribution in [0.2, 0.25) is 0 Å². The van der Waals surface area contributed by atoms with E-state index in [1.807, 2.05) is 0 Å². The average Bonchev–Trinajstić information content (AvgIpc) is 3.74. The van der Waals surface area contributed by atoms with Crippen LogP contribution in [0.5, 0.6) is 0 Å². The minimum Gasteiger partial charge on any atom is -1.00 e. The quantitative estimate of drug-likeness (QED) is 0.0623. The number of aromatic nitrogens is 5. The minimum atomic E-state index is 0. The largest absolute Gasteiger partial charge is 1.00 e. The topological polar surface area (TPSA) is 48.5 Å². The average molecular weight is 861 g/mol. The zero-order chi connectivity index (χ0) is 36.1. The van der Waals surface area contributed by atoms with E-state index in [1.165, 1.54) is 165 Å². The zero-order valence-corrected chi connectivity index (χ0v) is 38.2. The first kappa shape index (κ1) is 52.0. The molecule has 3 heterocycles. The van der Waals surface area contributed by atoms with Crippen molar-refractivity contribution in [3.63, 3.8) is 0 Å². The molecule has 0 aliphatic carbocycles. The molecular formula is C47H69Cl3N5V-3. The summed E-state index contributed by atoms with van der Waals surface area (Å²) in [6.45, 7) is 6.53. The Morgan fingerprint density at radius 1 is 0.357 bits per heavy atom. The number of aryl methyl sites for hydroxylation is 2. The van der Waals surface area contributed by atoms with Crippen LogP contribution in [0.15, 0.2) is 66.7 Å². The van der Waals surface area contributed by atoms with E-state index in [2.05, 4.69) is 89.7 Å². The molecule has 0 amide bonds. The molecule has 0 aliphatic heterocycles. The van der Waals surface area contributed by atoms with Crippen LogP contribution in [-0.4, -0.2) is 24.1 Å². The molecule has 1 radical (unpaired) electrons. The van der Waals surface area contributed by atoms with E-state index in [9.17, 15) is 0 Å². The molecular weight excluding hydrogens is 792 g/mol. The maximum absolute atomic E-state index is 5.28. The molecule has 3 aromatic heterocycles. The van der Waals surface area contributed by atoms with Gasteiger partial charge in [-0.05, 0) is 49.2 Å². The van der Waals surface area contributed by atoms with Crippen molar-refractivity contribution >= 4 is 22.1 Å². The maximum Gasteiger partial charge on any atom is 0.159 e. The van der Waals surface area contributed by atoms with Gasteiger partial charge in [0.05, 0.1) is 22.1 Å². The van der Waals surface area contributed by atoms with Crippen molar-refractivity contribution in [1.29, 1.82) is 0 Å². The Bertz CT molecular complexity index is 1600. The van der Waals surface area contributed by atoms with Gasteiger partial charge >= 0.3 is 0 Å². The number of unbranched alkanes of at least 4 members (excludes halogenated alkanes) is 22. The molecule has 56 heavy (non-hydrogen) atoms. The van der Waals surface area contributed by atoms with Gasteiger partial charge in [0.25, 0.3) is 0 Å². The van der Waals surface area contributed by atoms with Gasteiger partial charge in [-0.1, -0.05) is 185 Å². The van der Waals surface area contributed by atoms with Gasteiger partial charge in [-0.15, -0.1) is 0 Å².